The lowest BCUT2D eigenvalue weighted by molar-refractivity contribution is 0.0781. The lowest BCUT2D eigenvalue weighted by Crippen LogP contribution is -2.29. The Hall–Kier alpha value is -2.76. The quantitative estimate of drug-likeness (QED) is 0.735. The van der Waals surface area contributed by atoms with Crippen molar-refractivity contribution in [3.63, 3.8) is 0 Å². The van der Waals surface area contributed by atoms with Crippen LogP contribution in [0.15, 0.2) is 42.7 Å². The summed E-state index contributed by atoms with van der Waals surface area (Å²) in [7, 11) is 0. The van der Waals surface area contributed by atoms with E-state index < -0.39 is 0 Å². The summed E-state index contributed by atoms with van der Waals surface area (Å²) in [6.45, 7) is 4.49. The molecule has 1 fully saturated rings. The average Bonchev–Trinajstić information content (AvgIpc) is 3.30. The van der Waals surface area contributed by atoms with E-state index in [2.05, 4.69) is 26.7 Å². The molecule has 6 nitrogen and oxygen atoms in total. The molecule has 0 bridgehead atoms. The minimum atomic E-state index is 0.0187. The van der Waals surface area contributed by atoms with Gasteiger partial charge in [0.1, 0.15) is 17.8 Å². The number of nitrogens with zero attached hydrogens (tertiary/aromatic N) is 5. The highest BCUT2D eigenvalue weighted by molar-refractivity contribution is 5.95. The molecule has 1 atom stereocenters. The molecule has 1 aromatic carbocycles. The molecule has 25 heavy (non-hydrogen) atoms. The van der Waals surface area contributed by atoms with Gasteiger partial charge in [-0.2, -0.15) is 0 Å². The zero-order chi connectivity index (χ0) is 17.2. The highest BCUT2D eigenvalue weighted by Crippen LogP contribution is 2.22. The molecule has 0 spiro atoms. The van der Waals surface area contributed by atoms with Crippen LogP contribution in [0.25, 0.3) is 10.9 Å². The van der Waals surface area contributed by atoms with E-state index in [9.17, 15) is 4.79 Å². The number of rotatable bonds is 4. The third-order valence-corrected chi connectivity index (χ3v) is 4.90. The number of carbonyl (C=O) groups excluding carboxylic acids is 1. The maximum absolute atomic E-state index is 12.8. The van der Waals surface area contributed by atoms with Crippen LogP contribution in [0.1, 0.15) is 29.7 Å². The Bertz CT molecular complexity index is 903. The lowest BCUT2D eigenvalue weighted by Gasteiger charge is -2.16. The lowest BCUT2D eigenvalue weighted by atomic mass is 10.0. The topological polar surface area (TPSA) is 63.9 Å². The number of fused-ring (bicyclic) bond motifs is 1. The zero-order valence-corrected chi connectivity index (χ0v) is 14.3. The summed E-state index contributed by atoms with van der Waals surface area (Å²) in [6, 6.07) is 11.7. The van der Waals surface area contributed by atoms with E-state index in [0.717, 1.165) is 49.2 Å². The monoisotopic (exact) mass is 335 g/mol. The van der Waals surface area contributed by atoms with Crippen LogP contribution < -0.4 is 0 Å². The highest BCUT2D eigenvalue weighted by atomic mass is 16.2. The second kappa shape index (κ2) is 6.63. The molecule has 0 aliphatic carbocycles. The first kappa shape index (κ1) is 15.7. The highest BCUT2D eigenvalue weighted by Gasteiger charge is 2.28. The van der Waals surface area contributed by atoms with Crippen molar-refractivity contribution in [2.24, 2.45) is 5.92 Å². The van der Waals surface area contributed by atoms with E-state index in [-0.39, 0.29) is 5.91 Å². The number of para-hydroxylation sites is 1. The first-order valence-corrected chi connectivity index (χ1v) is 8.76. The van der Waals surface area contributed by atoms with E-state index in [1.54, 1.807) is 6.33 Å². The second-order valence-corrected chi connectivity index (χ2v) is 6.53. The van der Waals surface area contributed by atoms with E-state index in [1.807, 2.05) is 41.3 Å². The van der Waals surface area contributed by atoms with Crippen molar-refractivity contribution >= 4 is 16.8 Å². The van der Waals surface area contributed by atoms with Crippen molar-refractivity contribution in [2.45, 2.75) is 26.3 Å². The maximum atomic E-state index is 12.8. The molecular weight excluding hydrogens is 314 g/mol. The van der Waals surface area contributed by atoms with Crippen LogP contribution in [0.5, 0.6) is 0 Å². The van der Waals surface area contributed by atoms with Crippen LogP contribution in [0.4, 0.5) is 0 Å². The minimum absolute atomic E-state index is 0.0187. The Morgan fingerprint density at radius 2 is 2.12 bits per heavy atom. The number of benzene rings is 1. The van der Waals surface area contributed by atoms with Crippen LogP contribution in [0.3, 0.4) is 0 Å². The van der Waals surface area contributed by atoms with Gasteiger partial charge in [-0.1, -0.05) is 24.3 Å². The molecule has 0 N–H and O–H groups in total. The van der Waals surface area contributed by atoms with Crippen LogP contribution in [0, 0.1) is 5.92 Å². The van der Waals surface area contributed by atoms with Crippen molar-refractivity contribution in [3.05, 3.63) is 54.2 Å². The Morgan fingerprint density at radius 3 is 3.00 bits per heavy atom. The fourth-order valence-electron chi connectivity index (χ4n) is 3.49. The summed E-state index contributed by atoms with van der Waals surface area (Å²) in [5, 5.41) is 9.25. The number of pyridine rings is 1. The maximum Gasteiger partial charge on any atom is 0.272 e. The predicted molar refractivity (Wildman–Crippen MR) is 95.2 cm³/mol. The molecule has 0 saturated carbocycles. The number of carbonyl (C=O) groups is 1. The number of hydrogen-bond acceptors (Lipinski definition) is 4. The van der Waals surface area contributed by atoms with Crippen LogP contribution in [-0.2, 0) is 13.0 Å². The van der Waals surface area contributed by atoms with Gasteiger partial charge < -0.3 is 9.47 Å². The predicted octanol–water partition coefficient (Wildman–Crippen LogP) is 2.55. The fourth-order valence-corrected chi connectivity index (χ4v) is 3.49. The summed E-state index contributed by atoms with van der Waals surface area (Å²) >= 11 is 0. The van der Waals surface area contributed by atoms with Gasteiger partial charge in [0.15, 0.2) is 0 Å². The smallest absolute Gasteiger partial charge is 0.272 e. The Morgan fingerprint density at radius 1 is 1.24 bits per heavy atom. The number of aryl methyl sites for hydroxylation is 1. The second-order valence-electron chi connectivity index (χ2n) is 6.53. The van der Waals surface area contributed by atoms with Crippen molar-refractivity contribution in [1.82, 2.24) is 24.6 Å². The molecule has 4 rings (SSSR count). The number of likely N-dealkylation sites (tertiary alicyclic amines) is 1. The van der Waals surface area contributed by atoms with Crippen LogP contribution in [-0.4, -0.2) is 43.6 Å². The SMILES string of the molecule is CCn1cnnc1C[C@H]1CCN(C(=O)c2ccc3ccccc3n2)C1. The first-order chi connectivity index (χ1) is 12.2. The third kappa shape index (κ3) is 3.12. The molecule has 1 amide bonds. The molecule has 1 aliphatic rings. The normalized spacial score (nSPS) is 17.3. The van der Waals surface area contributed by atoms with Gasteiger partial charge in [-0.05, 0) is 31.4 Å². The number of amides is 1. The average molecular weight is 335 g/mol. The van der Waals surface area contributed by atoms with Gasteiger partial charge in [-0.25, -0.2) is 4.98 Å². The number of hydrogen-bond donors (Lipinski definition) is 0. The van der Waals surface area contributed by atoms with Crippen LogP contribution in [0.2, 0.25) is 0 Å². The van der Waals surface area contributed by atoms with Gasteiger partial charge in [0.25, 0.3) is 5.91 Å². The van der Waals surface area contributed by atoms with Crippen molar-refractivity contribution in [1.29, 1.82) is 0 Å². The molecule has 0 unspecified atom stereocenters. The fraction of sp³-hybridized carbons (Fsp3) is 0.368. The summed E-state index contributed by atoms with van der Waals surface area (Å²) in [5.41, 5.74) is 1.39. The van der Waals surface area contributed by atoms with Crippen molar-refractivity contribution in [2.75, 3.05) is 13.1 Å². The molecule has 1 aliphatic heterocycles. The van der Waals surface area contributed by atoms with Crippen molar-refractivity contribution < 1.29 is 4.79 Å². The third-order valence-electron chi connectivity index (χ3n) is 4.90. The molecule has 1 saturated heterocycles. The molecule has 3 heterocycles. The Labute approximate surface area is 146 Å². The molecular formula is C19H21N5O. The summed E-state index contributed by atoms with van der Waals surface area (Å²) in [4.78, 5) is 19.2. The van der Waals surface area contributed by atoms with E-state index >= 15 is 0 Å². The summed E-state index contributed by atoms with van der Waals surface area (Å²) < 4.78 is 2.06. The standard InChI is InChI=1S/C19H21N5O/c1-2-23-13-20-22-18(23)11-14-9-10-24(12-14)19(25)17-8-7-15-5-3-4-6-16(15)21-17/h3-8,13-14H,2,9-12H2,1H3/t14-/m1/s1. The van der Waals surface area contributed by atoms with Crippen molar-refractivity contribution in [3.8, 4) is 0 Å². The first-order valence-electron chi connectivity index (χ1n) is 8.76. The largest absolute Gasteiger partial charge is 0.337 e. The van der Waals surface area contributed by atoms with Gasteiger partial charge in [0, 0.05) is 31.4 Å². The Kier molecular flexibility index (Phi) is 4.17. The van der Waals surface area contributed by atoms with Gasteiger partial charge in [-0.15, -0.1) is 10.2 Å². The molecule has 6 heteroatoms. The summed E-state index contributed by atoms with van der Waals surface area (Å²) in [6.07, 6.45) is 3.63. The number of aromatic nitrogens is 4. The van der Waals surface area contributed by atoms with Crippen LogP contribution >= 0.6 is 0 Å². The Balaban J connectivity index is 1.46. The van der Waals surface area contributed by atoms with E-state index in [1.165, 1.54) is 0 Å². The molecule has 3 aromatic rings. The van der Waals surface area contributed by atoms with Gasteiger partial charge in [0.05, 0.1) is 5.52 Å². The summed E-state index contributed by atoms with van der Waals surface area (Å²) in [5.74, 6) is 1.45. The van der Waals surface area contributed by atoms with Gasteiger partial charge >= 0.3 is 0 Å². The van der Waals surface area contributed by atoms with Gasteiger partial charge in [-0.3, -0.25) is 4.79 Å². The molecule has 0 radical (unpaired) electrons. The van der Waals surface area contributed by atoms with E-state index in [0.29, 0.717) is 11.6 Å². The zero-order valence-electron chi connectivity index (χ0n) is 14.3. The molecule has 128 valence electrons. The minimum Gasteiger partial charge on any atom is -0.337 e. The van der Waals surface area contributed by atoms with E-state index in [4.69, 9.17) is 0 Å². The van der Waals surface area contributed by atoms with Gasteiger partial charge in [0.2, 0.25) is 0 Å². The molecule has 2 aromatic heterocycles.